The van der Waals surface area contributed by atoms with Crippen LogP contribution >= 0.6 is 0 Å². The Kier molecular flexibility index (Phi) is 8.53. The molecule has 3 atom stereocenters. The van der Waals surface area contributed by atoms with Crippen molar-refractivity contribution in [1.82, 2.24) is 8.61 Å². The van der Waals surface area contributed by atoms with E-state index < -0.39 is 32.2 Å². The topological polar surface area (TPSA) is 113 Å². The summed E-state index contributed by atoms with van der Waals surface area (Å²) in [5.41, 5.74) is 2.03. The van der Waals surface area contributed by atoms with Crippen molar-refractivity contribution < 1.29 is 31.4 Å². The normalized spacial score (nSPS) is 22.6. The summed E-state index contributed by atoms with van der Waals surface area (Å²) in [5.74, 6) is 0.231. The summed E-state index contributed by atoms with van der Waals surface area (Å²) >= 11 is 0. The third-order valence-electron chi connectivity index (χ3n) is 7.27. The standard InChI is InChI=1S/C27H36N2O7S2/c1-19-16-29(20(2)18-30)38(33,34)27-13-12-22(21-8-5-6-9-21)14-25(27)36-26(19)17-28(3)37(31,32)24-11-7-10-23(15-24)35-4/h7-8,10-15,19-20,26,30H,5-6,9,16-18H2,1-4H3/t19-,20+,26-/m1/s1. The zero-order valence-corrected chi connectivity index (χ0v) is 23.8. The van der Waals surface area contributed by atoms with Gasteiger partial charge in [0.2, 0.25) is 20.0 Å². The highest BCUT2D eigenvalue weighted by atomic mass is 32.2. The Labute approximate surface area is 225 Å². The number of fused-ring (bicyclic) bond motifs is 1. The smallest absolute Gasteiger partial charge is 0.247 e. The summed E-state index contributed by atoms with van der Waals surface area (Å²) in [6.45, 7) is 3.20. The minimum Gasteiger partial charge on any atom is -0.497 e. The molecule has 1 aliphatic carbocycles. The Balaban J connectivity index is 1.73. The van der Waals surface area contributed by atoms with Crippen molar-refractivity contribution in [3.8, 4) is 11.5 Å². The van der Waals surface area contributed by atoms with Crippen LogP contribution in [0.1, 0.15) is 38.7 Å². The fourth-order valence-electron chi connectivity index (χ4n) is 4.87. The molecule has 11 heteroatoms. The first kappa shape index (κ1) is 28.6. The number of sulfonamides is 2. The summed E-state index contributed by atoms with van der Waals surface area (Å²) in [4.78, 5) is 0.0992. The van der Waals surface area contributed by atoms with Crippen LogP contribution in [0.5, 0.6) is 11.5 Å². The van der Waals surface area contributed by atoms with Crippen LogP contribution in [0.25, 0.3) is 5.57 Å². The highest BCUT2D eigenvalue weighted by molar-refractivity contribution is 7.89. The maximum Gasteiger partial charge on any atom is 0.247 e. The van der Waals surface area contributed by atoms with Gasteiger partial charge in [-0.2, -0.15) is 8.61 Å². The van der Waals surface area contributed by atoms with E-state index in [4.69, 9.17) is 9.47 Å². The second-order valence-corrected chi connectivity index (χ2v) is 13.9. The van der Waals surface area contributed by atoms with Gasteiger partial charge in [-0.3, -0.25) is 0 Å². The molecule has 2 aromatic carbocycles. The van der Waals surface area contributed by atoms with Crippen LogP contribution in [-0.4, -0.2) is 76.6 Å². The quantitative estimate of drug-likeness (QED) is 0.523. The lowest BCUT2D eigenvalue weighted by Crippen LogP contribution is -2.50. The van der Waals surface area contributed by atoms with Crippen LogP contribution in [0.15, 0.2) is 58.3 Å². The van der Waals surface area contributed by atoms with E-state index in [-0.39, 0.29) is 41.2 Å². The molecule has 0 spiro atoms. The summed E-state index contributed by atoms with van der Waals surface area (Å²) in [5, 5.41) is 9.85. The van der Waals surface area contributed by atoms with Crippen molar-refractivity contribution in [2.75, 3.05) is 33.9 Å². The van der Waals surface area contributed by atoms with Gasteiger partial charge in [-0.25, -0.2) is 16.8 Å². The molecule has 2 aliphatic rings. The van der Waals surface area contributed by atoms with Gasteiger partial charge in [0.25, 0.3) is 0 Å². The molecule has 4 rings (SSSR count). The Morgan fingerprint density at radius 1 is 1.24 bits per heavy atom. The van der Waals surface area contributed by atoms with Gasteiger partial charge in [-0.15, -0.1) is 0 Å². The number of aliphatic hydroxyl groups is 1. The number of ether oxygens (including phenoxy) is 2. The summed E-state index contributed by atoms with van der Waals surface area (Å²) < 4.78 is 68.2. The Hall–Kier alpha value is -2.44. The van der Waals surface area contributed by atoms with Gasteiger partial charge in [0, 0.05) is 31.6 Å². The highest BCUT2D eigenvalue weighted by Gasteiger charge is 2.39. The van der Waals surface area contributed by atoms with Crippen molar-refractivity contribution in [3.05, 3.63) is 54.1 Å². The van der Waals surface area contributed by atoms with Crippen molar-refractivity contribution in [3.63, 3.8) is 0 Å². The first-order chi connectivity index (χ1) is 18.0. The first-order valence-corrected chi connectivity index (χ1v) is 15.6. The number of allylic oxidation sites excluding steroid dienone is 2. The van der Waals surface area contributed by atoms with Gasteiger partial charge in [-0.05, 0) is 61.6 Å². The Morgan fingerprint density at radius 2 is 2.00 bits per heavy atom. The summed E-state index contributed by atoms with van der Waals surface area (Å²) in [6.07, 6.45) is 4.41. The lowest BCUT2D eigenvalue weighted by molar-refractivity contribution is 0.0904. The van der Waals surface area contributed by atoms with E-state index in [2.05, 4.69) is 6.08 Å². The maximum absolute atomic E-state index is 13.7. The van der Waals surface area contributed by atoms with Gasteiger partial charge < -0.3 is 14.6 Å². The van der Waals surface area contributed by atoms with Gasteiger partial charge in [0.1, 0.15) is 22.5 Å². The number of rotatable bonds is 8. The van der Waals surface area contributed by atoms with E-state index >= 15 is 0 Å². The van der Waals surface area contributed by atoms with Crippen molar-refractivity contribution >= 4 is 25.6 Å². The Bertz CT molecular complexity index is 1410. The molecule has 0 fully saturated rings. The van der Waals surface area contributed by atoms with Crippen molar-refractivity contribution in [2.45, 2.75) is 55.0 Å². The Morgan fingerprint density at radius 3 is 2.66 bits per heavy atom. The molecule has 2 aromatic rings. The number of hydrogen-bond acceptors (Lipinski definition) is 7. The number of aliphatic hydroxyl groups excluding tert-OH is 1. The number of nitrogens with zero attached hydrogens (tertiary/aromatic N) is 2. The second-order valence-electron chi connectivity index (χ2n) is 9.99. The van der Waals surface area contributed by atoms with E-state index in [1.807, 2.05) is 6.92 Å². The molecule has 208 valence electrons. The SMILES string of the molecule is COc1cccc(S(=O)(=O)N(C)C[C@H]2Oc3cc(C4=CCCC4)ccc3S(=O)(=O)N([C@@H](C)CO)C[C@H]2C)c1. The minimum absolute atomic E-state index is 0.00549. The molecule has 1 heterocycles. The molecule has 0 saturated heterocycles. The maximum atomic E-state index is 13.7. The zero-order chi connectivity index (χ0) is 27.7. The lowest BCUT2D eigenvalue weighted by Gasteiger charge is -2.37. The molecule has 1 N–H and O–H groups in total. The predicted molar refractivity (Wildman–Crippen MR) is 145 cm³/mol. The molecule has 0 saturated carbocycles. The zero-order valence-electron chi connectivity index (χ0n) is 22.2. The third-order valence-corrected chi connectivity index (χ3v) is 11.1. The lowest BCUT2D eigenvalue weighted by atomic mass is 10.0. The number of methoxy groups -OCH3 is 1. The van der Waals surface area contributed by atoms with E-state index in [1.54, 1.807) is 37.3 Å². The van der Waals surface area contributed by atoms with E-state index in [1.165, 1.54) is 34.9 Å². The van der Waals surface area contributed by atoms with Crippen LogP contribution in [0, 0.1) is 5.92 Å². The van der Waals surface area contributed by atoms with E-state index in [9.17, 15) is 21.9 Å². The summed E-state index contributed by atoms with van der Waals surface area (Å²) in [6, 6.07) is 10.7. The fraction of sp³-hybridized carbons (Fsp3) is 0.481. The van der Waals surface area contributed by atoms with Crippen molar-refractivity contribution in [2.24, 2.45) is 5.92 Å². The molecule has 1 aliphatic heterocycles. The average Bonchev–Trinajstić information content (AvgIpc) is 3.45. The highest BCUT2D eigenvalue weighted by Crippen LogP contribution is 2.37. The van der Waals surface area contributed by atoms with Crippen LogP contribution in [0.3, 0.4) is 0 Å². The van der Waals surface area contributed by atoms with Gasteiger partial charge >= 0.3 is 0 Å². The van der Waals surface area contributed by atoms with Gasteiger partial charge in [-0.1, -0.05) is 25.1 Å². The van der Waals surface area contributed by atoms with Crippen LogP contribution in [-0.2, 0) is 20.0 Å². The molecule has 0 aromatic heterocycles. The minimum atomic E-state index is -3.98. The molecular weight excluding hydrogens is 528 g/mol. The van der Waals surface area contributed by atoms with Crippen LogP contribution in [0.4, 0.5) is 0 Å². The number of hydrogen-bond donors (Lipinski definition) is 1. The molecule has 0 bridgehead atoms. The molecule has 38 heavy (non-hydrogen) atoms. The van der Waals surface area contributed by atoms with Crippen molar-refractivity contribution in [1.29, 1.82) is 0 Å². The van der Waals surface area contributed by atoms with E-state index in [0.29, 0.717) is 5.75 Å². The third kappa shape index (κ3) is 5.62. The molecule has 9 nitrogen and oxygen atoms in total. The number of benzene rings is 2. The fourth-order valence-corrected chi connectivity index (χ4v) is 7.91. The molecule has 0 amide bonds. The van der Waals surface area contributed by atoms with Crippen LogP contribution in [0.2, 0.25) is 0 Å². The van der Waals surface area contributed by atoms with Gasteiger partial charge in [0.15, 0.2) is 0 Å². The largest absolute Gasteiger partial charge is 0.497 e. The molecular formula is C27H36N2O7S2. The summed E-state index contributed by atoms with van der Waals surface area (Å²) in [7, 11) is -4.90. The number of likely N-dealkylation sites (N-methyl/N-ethyl adjacent to an activating group) is 1. The molecule has 0 radical (unpaired) electrons. The predicted octanol–water partition coefficient (Wildman–Crippen LogP) is 3.35. The molecule has 0 unspecified atom stereocenters. The monoisotopic (exact) mass is 564 g/mol. The average molecular weight is 565 g/mol. The van der Waals surface area contributed by atoms with E-state index in [0.717, 1.165) is 30.4 Å². The first-order valence-electron chi connectivity index (χ1n) is 12.7. The van der Waals surface area contributed by atoms with Crippen LogP contribution < -0.4 is 9.47 Å². The van der Waals surface area contributed by atoms with Gasteiger partial charge in [0.05, 0.1) is 25.2 Å². The second kappa shape index (κ2) is 11.4.